The van der Waals surface area contributed by atoms with Crippen LogP contribution in [0.5, 0.6) is 0 Å². The number of alkyl halides is 3. The Morgan fingerprint density at radius 3 is 2.00 bits per heavy atom. The fraction of sp³-hybridized carbons (Fsp3) is 1.00. The summed E-state index contributed by atoms with van der Waals surface area (Å²) in [4.78, 5) is 0. The summed E-state index contributed by atoms with van der Waals surface area (Å²) in [6, 6.07) is 0.157. The lowest BCUT2D eigenvalue weighted by atomic mass is 9.83. The standard InChI is InChI=1S/C11H22F3N/c1-5-15-9(10(2,3)4)7-6-8-11(12,13)14/h9,15H,5-8H2,1-4H3. The van der Waals surface area contributed by atoms with E-state index in [-0.39, 0.29) is 17.9 Å². The highest BCUT2D eigenvalue weighted by molar-refractivity contribution is 4.80. The molecule has 0 bridgehead atoms. The minimum absolute atomic E-state index is 0.0155. The van der Waals surface area contributed by atoms with Gasteiger partial charge in [0, 0.05) is 12.5 Å². The Balaban J connectivity index is 3.98. The van der Waals surface area contributed by atoms with Gasteiger partial charge in [-0.1, -0.05) is 27.7 Å². The topological polar surface area (TPSA) is 12.0 Å². The van der Waals surface area contributed by atoms with Gasteiger partial charge in [0.2, 0.25) is 0 Å². The molecule has 1 atom stereocenters. The van der Waals surface area contributed by atoms with Crippen LogP contribution in [0.2, 0.25) is 0 Å². The van der Waals surface area contributed by atoms with Crippen LogP contribution in [0.25, 0.3) is 0 Å². The minimum Gasteiger partial charge on any atom is -0.314 e. The van der Waals surface area contributed by atoms with Gasteiger partial charge >= 0.3 is 6.18 Å². The molecule has 0 aliphatic carbocycles. The fourth-order valence-electron chi connectivity index (χ4n) is 1.59. The number of rotatable bonds is 5. The molecule has 1 nitrogen and oxygen atoms in total. The third kappa shape index (κ3) is 7.65. The highest BCUT2D eigenvalue weighted by atomic mass is 19.4. The van der Waals surface area contributed by atoms with Crippen molar-refractivity contribution in [3.8, 4) is 0 Å². The second-order valence-electron chi connectivity index (χ2n) is 4.98. The Hall–Kier alpha value is -0.250. The molecule has 0 saturated heterocycles. The van der Waals surface area contributed by atoms with Gasteiger partial charge in [-0.25, -0.2) is 0 Å². The van der Waals surface area contributed by atoms with Crippen molar-refractivity contribution < 1.29 is 13.2 Å². The first kappa shape index (κ1) is 14.8. The molecule has 0 spiro atoms. The van der Waals surface area contributed by atoms with E-state index in [9.17, 15) is 13.2 Å². The van der Waals surface area contributed by atoms with Crippen molar-refractivity contribution in [2.45, 2.75) is 59.2 Å². The summed E-state index contributed by atoms with van der Waals surface area (Å²) in [6.45, 7) is 8.92. The van der Waals surface area contributed by atoms with E-state index < -0.39 is 12.6 Å². The zero-order valence-electron chi connectivity index (χ0n) is 10.0. The van der Waals surface area contributed by atoms with E-state index in [1.54, 1.807) is 0 Å². The molecule has 15 heavy (non-hydrogen) atoms. The smallest absolute Gasteiger partial charge is 0.314 e. The molecule has 0 aliphatic heterocycles. The van der Waals surface area contributed by atoms with E-state index in [4.69, 9.17) is 0 Å². The Kier molecular flexibility index (Phi) is 5.63. The van der Waals surface area contributed by atoms with E-state index in [0.29, 0.717) is 6.42 Å². The average Bonchev–Trinajstić information content (AvgIpc) is 1.98. The van der Waals surface area contributed by atoms with Crippen LogP contribution in [0, 0.1) is 5.41 Å². The maximum absolute atomic E-state index is 12.0. The molecule has 0 aromatic heterocycles. The van der Waals surface area contributed by atoms with Crippen molar-refractivity contribution in [1.29, 1.82) is 0 Å². The zero-order chi connectivity index (χ0) is 12.1. The molecule has 0 rings (SSSR count). The van der Waals surface area contributed by atoms with Gasteiger partial charge < -0.3 is 5.32 Å². The minimum atomic E-state index is -4.02. The molecule has 1 N–H and O–H groups in total. The zero-order valence-corrected chi connectivity index (χ0v) is 10.0. The maximum Gasteiger partial charge on any atom is 0.389 e. The third-order valence-electron chi connectivity index (χ3n) is 2.45. The summed E-state index contributed by atoms with van der Waals surface area (Å²) < 4.78 is 35.9. The fourth-order valence-corrected chi connectivity index (χ4v) is 1.59. The highest BCUT2D eigenvalue weighted by Gasteiger charge is 2.29. The normalized spacial score (nSPS) is 15.4. The van der Waals surface area contributed by atoms with Crippen molar-refractivity contribution in [3.05, 3.63) is 0 Å². The lowest BCUT2D eigenvalue weighted by Gasteiger charge is -2.31. The van der Waals surface area contributed by atoms with Gasteiger partial charge in [-0.2, -0.15) is 13.2 Å². The molecule has 0 fully saturated rings. The highest BCUT2D eigenvalue weighted by Crippen LogP contribution is 2.27. The van der Waals surface area contributed by atoms with E-state index >= 15 is 0 Å². The molecule has 1 unspecified atom stereocenters. The molecular weight excluding hydrogens is 203 g/mol. The van der Waals surface area contributed by atoms with Crippen LogP contribution in [0.15, 0.2) is 0 Å². The van der Waals surface area contributed by atoms with Crippen LogP contribution in [0.4, 0.5) is 13.2 Å². The first-order chi connectivity index (χ1) is 6.67. The number of hydrogen-bond acceptors (Lipinski definition) is 1. The van der Waals surface area contributed by atoms with Crippen molar-refractivity contribution in [1.82, 2.24) is 5.32 Å². The third-order valence-corrected chi connectivity index (χ3v) is 2.45. The van der Waals surface area contributed by atoms with Gasteiger partial charge in [-0.3, -0.25) is 0 Å². The molecule has 0 radical (unpaired) electrons. The number of nitrogens with one attached hydrogen (secondary N) is 1. The summed E-state index contributed by atoms with van der Waals surface area (Å²) in [5.74, 6) is 0. The molecule has 0 aliphatic rings. The molecule has 0 aromatic carbocycles. The lowest BCUT2D eigenvalue weighted by Crippen LogP contribution is -2.40. The Morgan fingerprint density at radius 2 is 1.67 bits per heavy atom. The van der Waals surface area contributed by atoms with Crippen molar-refractivity contribution in [2.75, 3.05) is 6.54 Å². The number of halogens is 3. The van der Waals surface area contributed by atoms with Gasteiger partial charge in [0.05, 0.1) is 0 Å². The van der Waals surface area contributed by atoms with Crippen LogP contribution < -0.4 is 5.32 Å². The lowest BCUT2D eigenvalue weighted by molar-refractivity contribution is -0.136. The van der Waals surface area contributed by atoms with Crippen molar-refractivity contribution in [2.24, 2.45) is 5.41 Å². The SMILES string of the molecule is CCNC(CCCC(F)(F)F)C(C)(C)C. The molecule has 0 amide bonds. The number of hydrogen-bond donors (Lipinski definition) is 1. The summed E-state index contributed by atoms with van der Waals surface area (Å²) in [5, 5.41) is 3.24. The summed E-state index contributed by atoms with van der Waals surface area (Å²) in [6.07, 6.45) is -3.91. The predicted molar refractivity (Wildman–Crippen MR) is 56.8 cm³/mol. The van der Waals surface area contributed by atoms with Crippen LogP contribution >= 0.6 is 0 Å². The van der Waals surface area contributed by atoms with Crippen LogP contribution in [0.3, 0.4) is 0 Å². The van der Waals surface area contributed by atoms with E-state index in [1.807, 2.05) is 27.7 Å². The van der Waals surface area contributed by atoms with Crippen molar-refractivity contribution in [3.63, 3.8) is 0 Å². The summed E-state index contributed by atoms with van der Waals surface area (Å²) >= 11 is 0. The van der Waals surface area contributed by atoms with Gasteiger partial charge in [0.1, 0.15) is 0 Å². The van der Waals surface area contributed by atoms with Crippen LogP contribution in [-0.4, -0.2) is 18.8 Å². The molecule has 0 saturated carbocycles. The van der Waals surface area contributed by atoms with Crippen LogP contribution in [-0.2, 0) is 0 Å². The Morgan fingerprint density at radius 1 is 1.13 bits per heavy atom. The molecule has 0 aromatic rings. The molecule has 92 valence electrons. The monoisotopic (exact) mass is 225 g/mol. The Bertz CT molecular complexity index is 170. The first-order valence-corrected chi connectivity index (χ1v) is 5.47. The molecule has 0 heterocycles. The van der Waals surface area contributed by atoms with Gasteiger partial charge in [0.25, 0.3) is 0 Å². The summed E-state index contributed by atoms with van der Waals surface area (Å²) in [7, 11) is 0. The van der Waals surface area contributed by atoms with Gasteiger partial charge in [-0.15, -0.1) is 0 Å². The largest absolute Gasteiger partial charge is 0.389 e. The van der Waals surface area contributed by atoms with Crippen LogP contribution in [0.1, 0.15) is 47.0 Å². The van der Waals surface area contributed by atoms with Gasteiger partial charge in [0.15, 0.2) is 0 Å². The second-order valence-corrected chi connectivity index (χ2v) is 4.98. The average molecular weight is 225 g/mol. The maximum atomic E-state index is 12.0. The first-order valence-electron chi connectivity index (χ1n) is 5.47. The molecule has 4 heteroatoms. The van der Waals surface area contributed by atoms with E-state index in [0.717, 1.165) is 6.54 Å². The predicted octanol–water partition coefficient (Wildman–Crippen LogP) is 3.74. The van der Waals surface area contributed by atoms with E-state index in [2.05, 4.69) is 5.32 Å². The Labute approximate surface area is 90.4 Å². The summed E-state index contributed by atoms with van der Waals surface area (Å²) in [5.41, 5.74) is 0.0155. The van der Waals surface area contributed by atoms with Gasteiger partial charge in [-0.05, 0) is 24.8 Å². The van der Waals surface area contributed by atoms with Crippen molar-refractivity contribution >= 4 is 0 Å². The molecular formula is C11H22F3N. The van der Waals surface area contributed by atoms with E-state index in [1.165, 1.54) is 0 Å². The second kappa shape index (κ2) is 5.73. The quantitative estimate of drug-likeness (QED) is 0.751.